The Bertz CT molecular complexity index is 432. The molecule has 0 radical (unpaired) electrons. The van der Waals surface area contributed by atoms with Gasteiger partial charge in [0, 0.05) is 18.2 Å². The SMILES string of the molecule is CCOC(=O)C=Cc1cccc(Br)c1OCCN. The molecular weight excluding hydrogens is 298 g/mol. The molecule has 0 aromatic heterocycles. The van der Waals surface area contributed by atoms with Crippen LogP contribution in [0.25, 0.3) is 6.08 Å². The van der Waals surface area contributed by atoms with Gasteiger partial charge in [-0.1, -0.05) is 12.1 Å². The van der Waals surface area contributed by atoms with Crippen LogP contribution in [0.1, 0.15) is 12.5 Å². The summed E-state index contributed by atoms with van der Waals surface area (Å²) < 4.78 is 11.2. The third-order valence-corrected chi connectivity index (χ3v) is 2.67. The maximum absolute atomic E-state index is 11.2. The van der Waals surface area contributed by atoms with Gasteiger partial charge < -0.3 is 15.2 Å². The standard InChI is InChI=1S/C13H16BrNO3/c1-2-17-12(16)7-6-10-4-3-5-11(14)13(10)18-9-8-15/h3-7H,2,8-9,15H2,1H3. The van der Waals surface area contributed by atoms with E-state index in [9.17, 15) is 4.79 Å². The maximum atomic E-state index is 11.2. The van der Waals surface area contributed by atoms with E-state index >= 15 is 0 Å². The van der Waals surface area contributed by atoms with Gasteiger partial charge in [0.05, 0.1) is 11.1 Å². The second kappa shape index (κ2) is 7.89. The molecule has 2 N–H and O–H groups in total. The summed E-state index contributed by atoms with van der Waals surface area (Å²) >= 11 is 3.40. The van der Waals surface area contributed by atoms with Gasteiger partial charge in [-0.15, -0.1) is 0 Å². The van der Waals surface area contributed by atoms with Crippen molar-refractivity contribution < 1.29 is 14.3 Å². The number of esters is 1. The van der Waals surface area contributed by atoms with Gasteiger partial charge in [-0.3, -0.25) is 0 Å². The van der Waals surface area contributed by atoms with Crippen molar-refractivity contribution in [2.24, 2.45) is 5.73 Å². The Hall–Kier alpha value is -1.33. The summed E-state index contributed by atoms with van der Waals surface area (Å²) in [7, 11) is 0. The Morgan fingerprint density at radius 3 is 2.94 bits per heavy atom. The summed E-state index contributed by atoms with van der Waals surface area (Å²) in [5, 5.41) is 0. The Morgan fingerprint density at radius 2 is 2.28 bits per heavy atom. The fourth-order valence-electron chi connectivity index (χ4n) is 1.32. The van der Waals surface area contributed by atoms with E-state index < -0.39 is 0 Å². The molecular formula is C13H16BrNO3. The van der Waals surface area contributed by atoms with Crippen molar-refractivity contribution in [3.8, 4) is 5.75 Å². The van der Waals surface area contributed by atoms with Crippen LogP contribution in [0.4, 0.5) is 0 Å². The molecule has 5 heteroatoms. The first kappa shape index (κ1) is 14.7. The van der Waals surface area contributed by atoms with Crippen LogP contribution in [0.3, 0.4) is 0 Å². The van der Waals surface area contributed by atoms with Gasteiger partial charge in [0.15, 0.2) is 0 Å². The maximum Gasteiger partial charge on any atom is 0.330 e. The van der Waals surface area contributed by atoms with Gasteiger partial charge in [-0.05, 0) is 35.0 Å². The number of halogens is 1. The lowest BCUT2D eigenvalue weighted by Crippen LogP contribution is -2.11. The number of para-hydroxylation sites is 1. The number of hydrogen-bond acceptors (Lipinski definition) is 4. The number of hydrogen-bond donors (Lipinski definition) is 1. The molecule has 0 saturated heterocycles. The lowest BCUT2D eigenvalue weighted by molar-refractivity contribution is -0.137. The molecule has 0 fully saturated rings. The van der Waals surface area contributed by atoms with Gasteiger partial charge in [-0.2, -0.15) is 0 Å². The van der Waals surface area contributed by atoms with Gasteiger partial charge in [0.1, 0.15) is 12.4 Å². The van der Waals surface area contributed by atoms with E-state index in [1.54, 1.807) is 13.0 Å². The zero-order valence-corrected chi connectivity index (χ0v) is 11.8. The van der Waals surface area contributed by atoms with Crippen LogP contribution in [-0.4, -0.2) is 25.7 Å². The van der Waals surface area contributed by atoms with E-state index in [-0.39, 0.29) is 5.97 Å². The topological polar surface area (TPSA) is 61.5 Å². The van der Waals surface area contributed by atoms with Crippen LogP contribution in [0.2, 0.25) is 0 Å². The highest BCUT2D eigenvalue weighted by Crippen LogP contribution is 2.29. The van der Waals surface area contributed by atoms with Crippen LogP contribution >= 0.6 is 15.9 Å². The van der Waals surface area contributed by atoms with Crippen LogP contribution < -0.4 is 10.5 Å². The first-order chi connectivity index (χ1) is 8.69. The van der Waals surface area contributed by atoms with Gasteiger partial charge in [-0.25, -0.2) is 4.79 Å². The molecule has 1 rings (SSSR count). The average Bonchev–Trinajstić information content (AvgIpc) is 2.35. The third-order valence-electron chi connectivity index (χ3n) is 2.05. The Labute approximate surface area is 115 Å². The Balaban J connectivity index is 2.87. The molecule has 0 heterocycles. The van der Waals surface area contributed by atoms with E-state index in [2.05, 4.69) is 15.9 Å². The van der Waals surface area contributed by atoms with Crippen LogP contribution in [0, 0.1) is 0 Å². The van der Waals surface area contributed by atoms with Crippen molar-refractivity contribution in [3.63, 3.8) is 0 Å². The van der Waals surface area contributed by atoms with Crippen molar-refractivity contribution in [3.05, 3.63) is 34.3 Å². The molecule has 0 unspecified atom stereocenters. The molecule has 98 valence electrons. The lowest BCUT2D eigenvalue weighted by atomic mass is 10.2. The van der Waals surface area contributed by atoms with E-state index in [1.807, 2.05) is 18.2 Å². The zero-order valence-electron chi connectivity index (χ0n) is 10.2. The summed E-state index contributed by atoms with van der Waals surface area (Å²) in [6.45, 7) is 2.98. The second-order valence-corrected chi connectivity index (χ2v) is 4.24. The minimum absolute atomic E-state index is 0.359. The molecule has 0 saturated carbocycles. The number of nitrogens with two attached hydrogens (primary N) is 1. The third kappa shape index (κ3) is 4.50. The number of carbonyl (C=O) groups excluding carboxylic acids is 1. The highest BCUT2D eigenvalue weighted by atomic mass is 79.9. The fourth-order valence-corrected chi connectivity index (χ4v) is 1.81. The molecule has 0 aliphatic heterocycles. The highest BCUT2D eigenvalue weighted by molar-refractivity contribution is 9.10. The summed E-state index contributed by atoms with van der Waals surface area (Å²) in [6, 6.07) is 5.59. The average molecular weight is 314 g/mol. The van der Waals surface area contributed by atoms with Gasteiger partial charge in [0.2, 0.25) is 0 Å². The van der Waals surface area contributed by atoms with Crippen LogP contribution in [0.15, 0.2) is 28.7 Å². The predicted octanol–water partition coefficient (Wildman–Crippen LogP) is 2.36. The zero-order chi connectivity index (χ0) is 13.4. The predicted molar refractivity (Wildman–Crippen MR) is 74.4 cm³/mol. The minimum atomic E-state index is -0.373. The van der Waals surface area contributed by atoms with E-state index in [1.165, 1.54) is 6.08 Å². The highest BCUT2D eigenvalue weighted by Gasteiger charge is 2.06. The largest absolute Gasteiger partial charge is 0.490 e. The summed E-state index contributed by atoms with van der Waals surface area (Å²) in [5.74, 6) is 0.297. The molecule has 1 aromatic rings. The Morgan fingerprint density at radius 1 is 1.50 bits per heavy atom. The molecule has 0 atom stereocenters. The molecule has 0 amide bonds. The number of rotatable bonds is 6. The van der Waals surface area contributed by atoms with Gasteiger partial charge in [0.25, 0.3) is 0 Å². The first-order valence-corrected chi connectivity index (χ1v) is 6.44. The summed E-state index contributed by atoms with van der Waals surface area (Å²) in [4.78, 5) is 11.2. The molecule has 1 aromatic carbocycles. The second-order valence-electron chi connectivity index (χ2n) is 3.38. The van der Waals surface area contributed by atoms with Crippen molar-refractivity contribution in [1.29, 1.82) is 0 Å². The monoisotopic (exact) mass is 313 g/mol. The number of ether oxygens (including phenoxy) is 2. The molecule has 18 heavy (non-hydrogen) atoms. The molecule has 0 aliphatic rings. The molecule has 0 spiro atoms. The van der Waals surface area contributed by atoms with E-state index in [0.29, 0.717) is 25.5 Å². The quantitative estimate of drug-likeness (QED) is 0.647. The molecule has 0 aliphatic carbocycles. The first-order valence-electron chi connectivity index (χ1n) is 5.65. The molecule has 0 bridgehead atoms. The van der Waals surface area contributed by atoms with Crippen molar-refractivity contribution in [1.82, 2.24) is 0 Å². The number of carbonyl (C=O) groups is 1. The lowest BCUT2D eigenvalue weighted by Gasteiger charge is -2.10. The van der Waals surface area contributed by atoms with Crippen molar-refractivity contribution in [2.75, 3.05) is 19.8 Å². The van der Waals surface area contributed by atoms with Crippen LogP contribution in [-0.2, 0) is 9.53 Å². The minimum Gasteiger partial charge on any atom is -0.490 e. The van der Waals surface area contributed by atoms with Crippen molar-refractivity contribution in [2.45, 2.75) is 6.92 Å². The van der Waals surface area contributed by atoms with Crippen molar-refractivity contribution >= 4 is 28.0 Å². The smallest absolute Gasteiger partial charge is 0.330 e. The normalized spacial score (nSPS) is 10.6. The van der Waals surface area contributed by atoms with Gasteiger partial charge >= 0.3 is 5.97 Å². The Kier molecular flexibility index (Phi) is 6.46. The molecule has 4 nitrogen and oxygen atoms in total. The number of benzene rings is 1. The fraction of sp³-hybridized carbons (Fsp3) is 0.308. The van der Waals surface area contributed by atoms with Crippen LogP contribution in [0.5, 0.6) is 5.75 Å². The summed E-state index contributed by atoms with van der Waals surface area (Å²) in [5.41, 5.74) is 6.20. The van der Waals surface area contributed by atoms with E-state index in [4.69, 9.17) is 15.2 Å². The van der Waals surface area contributed by atoms with E-state index in [0.717, 1.165) is 10.0 Å². The summed E-state index contributed by atoms with van der Waals surface area (Å²) in [6.07, 6.45) is 3.04.